The van der Waals surface area contributed by atoms with Crippen LogP contribution in [0.4, 0.5) is 0 Å². The molecule has 9 aromatic carbocycles. The number of rotatable bonds is 6. The Labute approximate surface area is 362 Å². The maximum absolute atomic E-state index is 5.32. The molecule has 0 saturated carbocycles. The molecule has 4 heterocycles. The molecule has 0 fully saturated rings. The molecule has 0 aliphatic heterocycles. The number of nitrogens with zero attached hydrogens (tertiary/aromatic N) is 6. The number of para-hydroxylation sites is 5. The van der Waals surface area contributed by atoms with Crippen molar-refractivity contribution in [2.24, 2.45) is 0 Å². The fraction of sp³-hybridized carbons (Fsp3) is 0. The third-order valence-electron chi connectivity index (χ3n) is 12.5. The maximum atomic E-state index is 5.32. The summed E-state index contributed by atoms with van der Waals surface area (Å²) in [5.41, 5.74) is 13.0. The largest absolute Gasteiger partial charge is 0.309 e. The van der Waals surface area contributed by atoms with Gasteiger partial charge in [-0.25, -0.2) is 4.98 Å². The molecule has 0 saturated heterocycles. The molecular formula is C57H36N6. The lowest BCUT2D eigenvalue weighted by Crippen LogP contribution is -2.06. The minimum Gasteiger partial charge on any atom is -0.309 e. The monoisotopic (exact) mass is 804 g/mol. The zero-order chi connectivity index (χ0) is 41.4. The molecule has 6 nitrogen and oxygen atoms in total. The van der Waals surface area contributed by atoms with Crippen LogP contribution in [0.15, 0.2) is 218 Å². The van der Waals surface area contributed by atoms with Crippen molar-refractivity contribution >= 4 is 65.4 Å². The minimum atomic E-state index is 0.569. The Kier molecular flexibility index (Phi) is 7.80. The summed E-state index contributed by atoms with van der Waals surface area (Å²) in [6.45, 7) is 0. The fourth-order valence-corrected chi connectivity index (χ4v) is 9.74. The summed E-state index contributed by atoms with van der Waals surface area (Å²) in [5.74, 6) is 1.77. The normalized spacial score (nSPS) is 11.8. The lowest BCUT2D eigenvalue weighted by Gasteiger charge is -2.13. The van der Waals surface area contributed by atoms with Crippen molar-refractivity contribution in [2.75, 3.05) is 0 Å². The second kappa shape index (κ2) is 14.0. The summed E-state index contributed by atoms with van der Waals surface area (Å²) in [6.07, 6.45) is 0. The summed E-state index contributed by atoms with van der Waals surface area (Å²) in [5, 5.41) is 7.21. The summed E-state index contributed by atoms with van der Waals surface area (Å²) in [6, 6.07) is 77.3. The number of fused-ring (bicyclic) bond motifs is 10. The standard InChI is InChI=1S/C57H36N6/c1-3-16-37(17-4-1)38-30-32-39(33-31-38)55-58-56(60-57(59-55)63-47-26-11-7-22-43(47)44-23-8-12-27-48(44)63)40-18-15-21-42(36-40)62-50-29-14-10-25-46(50)54-52(62)35-34-51-53(54)45-24-9-13-28-49(45)61(51)41-19-5-2-6-20-41/h1-36H. The molecule has 0 bridgehead atoms. The van der Waals surface area contributed by atoms with Crippen LogP contribution >= 0.6 is 0 Å². The van der Waals surface area contributed by atoms with Crippen LogP contribution in [-0.2, 0) is 0 Å². The van der Waals surface area contributed by atoms with Crippen LogP contribution in [0.3, 0.4) is 0 Å². The van der Waals surface area contributed by atoms with E-state index in [1.54, 1.807) is 0 Å². The topological polar surface area (TPSA) is 53.5 Å². The van der Waals surface area contributed by atoms with E-state index in [0.717, 1.165) is 66.5 Å². The second-order valence-electron chi connectivity index (χ2n) is 16.0. The van der Waals surface area contributed by atoms with Crippen LogP contribution in [0.1, 0.15) is 0 Å². The second-order valence-corrected chi connectivity index (χ2v) is 16.0. The number of benzene rings is 9. The Morgan fingerprint density at radius 1 is 0.254 bits per heavy atom. The van der Waals surface area contributed by atoms with Crippen molar-refractivity contribution in [3.63, 3.8) is 0 Å². The van der Waals surface area contributed by atoms with Crippen LogP contribution < -0.4 is 0 Å². The third-order valence-corrected chi connectivity index (χ3v) is 12.5. The summed E-state index contributed by atoms with van der Waals surface area (Å²) < 4.78 is 6.95. The molecule has 0 amide bonds. The Balaban J connectivity index is 1.03. The summed E-state index contributed by atoms with van der Waals surface area (Å²) in [4.78, 5) is 15.8. The lowest BCUT2D eigenvalue weighted by atomic mass is 10.0. The average molecular weight is 805 g/mol. The highest BCUT2D eigenvalue weighted by Gasteiger charge is 2.22. The van der Waals surface area contributed by atoms with E-state index >= 15 is 0 Å². The smallest absolute Gasteiger partial charge is 0.238 e. The molecule has 13 rings (SSSR count). The van der Waals surface area contributed by atoms with Crippen molar-refractivity contribution in [3.05, 3.63) is 218 Å². The van der Waals surface area contributed by atoms with Gasteiger partial charge < -0.3 is 9.13 Å². The van der Waals surface area contributed by atoms with E-state index in [2.05, 4.69) is 226 Å². The predicted octanol–water partition coefficient (Wildman–Crippen LogP) is 14.2. The van der Waals surface area contributed by atoms with Crippen molar-refractivity contribution in [2.45, 2.75) is 0 Å². The average Bonchev–Trinajstić information content (AvgIpc) is 4.00. The molecule has 6 heteroatoms. The highest BCUT2D eigenvalue weighted by Crippen LogP contribution is 2.43. The van der Waals surface area contributed by atoms with Crippen molar-refractivity contribution < 1.29 is 0 Å². The van der Waals surface area contributed by atoms with Crippen LogP contribution in [0.2, 0.25) is 0 Å². The molecule has 0 spiro atoms. The van der Waals surface area contributed by atoms with Gasteiger partial charge >= 0.3 is 0 Å². The summed E-state index contributed by atoms with van der Waals surface area (Å²) in [7, 11) is 0. The van der Waals surface area contributed by atoms with E-state index in [1.807, 2.05) is 6.07 Å². The van der Waals surface area contributed by atoms with Gasteiger partial charge in [0, 0.05) is 54.8 Å². The highest BCUT2D eigenvalue weighted by molar-refractivity contribution is 6.29. The summed E-state index contributed by atoms with van der Waals surface area (Å²) >= 11 is 0. The molecule has 0 aliphatic rings. The van der Waals surface area contributed by atoms with E-state index in [9.17, 15) is 0 Å². The van der Waals surface area contributed by atoms with Crippen molar-refractivity contribution in [1.29, 1.82) is 0 Å². The number of hydrogen-bond donors (Lipinski definition) is 0. The minimum absolute atomic E-state index is 0.569. The van der Waals surface area contributed by atoms with Gasteiger partial charge in [0.25, 0.3) is 0 Å². The van der Waals surface area contributed by atoms with Gasteiger partial charge in [-0.05, 0) is 71.8 Å². The molecule has 13 aromatic rings. The van der Waals surface area contributed by atoms with Gasteiger partial charge in [0.1, 0.15) is 0 Å². The van der Waals surface area contributed by atoms with Gasteiger partial charge in [-0.3, -0.25) is 4.57 Å². The molecular weight excluding hydrogens is 769 g/mol. The lowest BCUT2D eigenvalue weighted by molar-refractivity contribution is 0.953. The first kappa shape index (κ1) is 35.2. The molecule has 0 aliphatic carbocycles. The quantitative estimate of drug-likeness (QED) is 0.168. The Morgan fingerprint density at radius 2 is 0.667 bits per heavy atom. The zero-order valence-corrected chi connectivity index (χ0v) is 34.0. The Morgan fingerprint density at radius 3 is 1.25 bits per heavy atom. The van der Waals surface area contributed by atoms with Gasteiger partial charge in [0.15, 0.2) is 11.6 Å². The first-order valence-electron chi connectivity index (χ1n) is 21.3. The first-order valence-corrected chi connectivity index (χ1v) is 21.3. The van der Waals surface area contributed by atoms with E-state index in [1.165, 1.54) is 32.6 Å². The van der Waals surface area contributed by atoms with Crippen LogP contribution in [0.5, 0.6) is 0 Å². The van der Waals surface area contributed by atoms with E-state index in [4.69, 9.17) is 15.0 Å². The molecule has 0 atom stereocenters. The molecule has 0 radical (unpaired) electrons. The van der Waals surface area contributed by atoms with Gasteiger partial charge in [0.05, 0.1) is 33.1 Å². The van der Waals surface area contributed by atoms with E-state index < -0.39 is 0 Å². The SMILES string of the molecule is c1ccc(-c2ccc(-c3nc(-c4cccc(-n5c6ccccc6c6c7c8ccccc8n(-c8ccccc8)c7ccc65)c4)nc(-n4c5ccccc5c5ccccc54)n3)cc2)cc1. The van der Waals surface area contributed by atoms with Gasteiger partial charge in [-0.15, -0.1) is 0 Å². The van der Waals surface area contributed by atoms with Crippen LogP contribution in [0, 0.1) is 0 Å². The van der Waals surface area contributed by atoms with Crippen molar-refractivity contribution in [1.82, 2.24) is 28.7 Å². The van der Waals surface area contributed by atoms with Crippen LogP contribution in [-0.4, -0.2) is 28.7 Å². The molecule has 63 heavy (non-hydrogen) atoms. The molecule has 294 valence electrons. The molecule has 0 N–H and O–H groups in total. The van der Waals surface area contributed by atoms with E-state index in [0.29, 0.717) is 17.6 Å². The Bertz CT molecular complexity index is 3840. The predicted molar refractivity (Wildman–Crippen MR) is 259 cm³/mol. The van der Waals surface area contributed by atoms with Gasteiger partial charge in [-0.1, -0.05) is 158 Å². The highest BCUT2D eigenvalue weighted by atomic mass is 15.2. The van der Waals surface area contributed by atoms with Crippen LogP contribution in [0.25, 0.3) is 117 Å². The fourth-order valence-electron chi connectivity index (χ4n) is 9.74. The molecule has 0 unspecified atom stereocenters. The van der Waals surface area contributed by atoms with Gasteiger partial charge in [-0.2, -0.15) is 9.97 Å². The molecule has 4 aromatic heterocycles. The van der Waals surface area contributed by atoms with Gasteiger partial charge in [0.2, 0.25) is 5.95 Å². The first-order chi connectivity index (χ1) is 31.3. The number of aromatic nitrogens is 6. The zero-order valence-electron chi connectivity index (χ0n) is 34.0. The maximum Gasteiger partial charge on any atom is 0.238 e. The van der Waals surface area contributed by atoms with Crippen molar-refractivity contribution in [3.8, 4) is 51.2 Å². The third kappa shape index (κ3) is 5.48. The number of hydrogen-bond acceptors (Lipinski definition) is 3. The Hall–Kier alpha value is -8.61. The van der Waals surface area contributed by atoms with E-state index in [-0.39, 0.29) is 0 Å².